The lowest BCUT2D eigenvalue weighted by Crippen LogP contribution is -2.33. The lowest BCUT2D eigenvalue weighted by atomic mass is 9.96. The largest absolute Gasteiger partial charge is 0.531 e. The molecule has 7 nitrogen and oxygen atoms in total. The highest BCUT2D eigenvalue weighted by atomic mass is 31.2. The number of phosphoric ester groups is 1. The first-order chi connectivity index (χ1) is 11.8. The molecule has 0 saturated carbocycles. The van der Waals surface area contributed by atoms with Gasteiger partial charge in [0.15, 0.2) is 0 Å². The third-order valence-corrected chi connectivity index (χ3v) is 5.39. The van der Waals surface area contributed by atoms with Crippen molar-refractivity contribution in [2.24, 2.45) is 0 Å². The molecule has 0 radical (unpaired) electrons. The molecule has 8 heteroatoms. The summed E-state index contributed by atoms with van der Waals surface area (Å²) >= 11 is 0. The molecule has 132 valence electrons. The van der Waals surface area contributed by atoms with E-state index in [0.29, 0.717) is 6.42 Å². The Hall–Kier alpha value is -2.21. The summed E-state index contributed by atoms with van der Waals surface area (Å²) in [6, 6.07) is 14.7. The molecule has 2 atom stereocenters. The number of hydrogen-bond donors (Lipinski definition) is 0. The summed E-state index contributed by atoms with van der Waals surface area (Å²) in [5.74, 6) is 0.179. The summed E-state index contributed by atoms with van der Waals surface area (Å²) in [7, 11) is -3.89. The molecule has 2 aromatic carbocycles. The van der Waals surface area contributed by atoms with Crippen LogP contribution in [0.4, 0.5) is 5.69 Å². The lowest BCUT2D eigenvalue weighted by molar-refractivity contribution is -0.384. The SMILES string of the molecule is CC1(C)CC(c2ccccc2)OP(=O)(Oc2ccc([N+](=O)[O-])cc2)O1. The highest BCUT2D eigenvalue weighted by Gasteiger charge is 2.46. The summed E-state index contributed by atoms with van der Waals surface area (Å²) < 4.78 is 29.7. The smallest absolute Gasteiger partial charge is 0.404 e. The predicted octanol–water partition coefficient (Wildman–Crippen LogP) is 5.04. The van der Waals surface area contributed by atoms with Crippen molar-refractivity contribution in [1.29, 1.82) is 0 Å². The van der Waals surface area contributed by atoms with Crippen LogP contribution in [0, 0.1) is 10.1 Å². The normalized spacial score (nSPS) is 25.3. The van der Waals surface area contributed by atoms with Gasteiger partial charge in [0.2, 0.25) is 0 Å². The van der Waals surface area contributed by atoms with E-state index in [-0.39, 0.29) is 11.4 Å². The Morgan fingerprint density at radius 2 is 1.80 bits per heavy atom. The average Bonchev–Trinajstić information content (AvgIpc) is 2.54. The number of hydrogen-bond acceptors (Lipinski definition) is 6. The molecule has 1 aliphatic rings. The van der Waals surface area contributed by atoms with Crippen molar-refractivity contribution in [3.63, 3.8) is 0 Å². The van der Waals surface area contributed by atoms with Crippen molar-refractivity contribution in [2.45, 2.75) is 32.0 Å². The van der Waals surface area contributed by atoms with Crippen LogP contribution in [0.3, 0.4) is 0 Å². The summed E-state index contributed by atoms with van der Waals surface area (Å²) in [5, 5.41) is 10.7. The van der Waals surface area contributed by atoms with Gasteiger partial charge in [-0.3, -0.25) is 19.2 Å². The van der Waals surface area contributed by atoms with Gasteiger partial charge in [-0.2, -0.15) is 0 Å². The molecule has 0 amide bonds. The van der Waals surface area contributed by atoms with Crippen molar-refractivity contribution in [3.8, 4) is 5.75 Å². The second-order valence-corrected chi connectivity index (χ2v) is 7.82. The average molecular weight is 363 g/mol. The van der Waals surface area contributed by atoms with E-state index in [1.54, 1.807) is 0 Å². The van der Waals surface area contributed by atoms with Gasteiger partial charge in [-0.05, 0) is 31.5 Å². The first kappa shape index (κ1) is 17.6. The van der Waals surface area contributed by atoms with E-state index < -0.39 is 24.5 Å². The number of phosphoric acid groups is 1. The first-order valence-corrected chi connectivity index (χ1v) is 9.21. The first-order valence-electron chi connectivity index (χ1n) is 7.75. The molecule has 1 aliphatic heterocycles. The number of nitrogens with zero attached hydrogens (tertiary/aromatic N) is 1. The zero-order chi connectivity index (χ0) is 18.1. The Balaban J connectivity index is 1.83. The fourth-order valence-electron chi connectivity index (χ4n) is 2.65. The molecule has 0 aliphatic carbocycles. The van der Waals surface area contributed by atoms with Crippen LogP contribution in [-0.4, -0.2) is 10.5 Å². The number of nitro groups is 1. The highest BCUT2D eigenvalue weighted by molar-refractivity contribution is 7.49. The van der Waals surface area contributed by atoms with Crippen molar-refractivity contribution in [1.82, 2.24) is 0 Å². The molecule has 0 aromatic heterocycles. The summed E-state index contributed by atoms with van der Waals surface area (Å²) in [6.45, 7) is 3.63. The van der Waals surface area contributed by atoms with Crippen LogP contribution in [0.1, 0.15) is 31.9 Å². The van der Waals surface area contributed by atoms with Crippen LogP contribution in [0.15, 0.2) is 54.6 Å². The molecule has 0 bridgehead atoms. The standard InChI is InChI=1S/C17H18NO6P/c1-17(2)12-16(13-6-4-3-5-7-13)23-25(21,24-17)22-15-10-8-14(9-11-15)18(19)20/h3-11,16H,12H2,1-2H3. The molecule has 1 heterocycles. The molecule has 0 spiro atoms. The predicted molar refractivity (Wildman–Crippen MR) is 91.4 cm³/mol. The number of nitro benzene ring substituents is 1. The fourth-order valence-corrected chi connectivity index (χ4v) is 4.34. The Morgan fingerprint density at radius 1 is 1.16 bits per heavy atom. The van der Waals surface area contributed by atoms with E-state index in [2.05, 4.69) is 0 Å². The van der Waals surface area contributed by atoms with Crippen LogP contribution < -0.4 is 4.52 Å². The lowest BCUT2D eigenvalue weighted by Gasteiger charge is -2.38. The molecular formula is C17H18NO6P. The van der Waals surface area contributed by atoms with Crippen LogP contribution in [0.2, 0.25) is 0 Å². The van der Waals surface area contributed by atoms with E-state index in [4.69, 9.17) is 13.6 Å². The number of rotatable bonds is 4. The van der Waals surface area contributed by atoms with Crippen LogP contribution in [0.25, 0.3) is 0 Å². The number of non-ortho nitro benzene ring substituents is 1. The second-order valence-electron chi connectivity index (χ2n) is 6.35. The quantitative estimate of drug-likeness (QED) is 0.430. The molecule has 25 heavy (non-hydrogen) atoms. The summed E-state index contributed by atoms with van der Waals surface area (Å²) in [4.78, 5) is 10.2. The Morgan fingerprint density at radius 3 is 2.40 bits per heavy atom. The van der Waals surface area contributed by atoms with Gasteiger partial charge in [0.1, 0.15) is 5.75 Å². The molecule has 2 aromatic rings. The fraction of sp³-hybridized carbons (Fsp3) is 0.294. The van der Waals surface area contributed by atoms with Crippen molar-refractivity contribution in [3.05, 3.63) is 70.3 Å². The molecule has 3 rings (SSSR count). The summed E-state index contributed by atoms with van der Waals surface area (Å²) in [6.07, 6.45) is 0.0822. The Labute approximate surface area is 145 Å². The molecule has 0 N–H and O–H groups in total. The molecular weight excluding hydrogens is 345 g/mol. The Bertz CT molecular complexity index is 806. The molecule has 2 unspecified atom stereocenters. The second kappa shape index (κ2) is 6.59. The van der Waals surface area contributed by atoms with Gasteiger partial charge < -0.3 is 4.52 Å². The van der Waals surface area contributed by atoms with Gasteiger partial charge in [-0.25, -0.2) is 4.57 Å². The van der Waals surface area contributed by atoms with Crippen LogP contribution >= 0.6 is 7.82 Å². The van der Waals surface area contributed by atoms with Gasteiger partial charge in [0, 0.05) is 18.6 Å². The van der Waals surface area contributed by atoms with E-state index in [9.17, 15) is 14.7 Å². The van der Waals surface area contributed by atoms with Gasteiger partial charge in [0.25, 0.3) is 5.69 Å². The minimum atomic E-state index is -3.89. The van der Waals surface area contributed by atoms with E-state index >= 15 is 0 Å². The highest BCUT2D eigenvalue weighted by Crippen LogP contribution is 2.61. The van der Waals surface area contributed by atoms with Crippen LogP contribution in [-0.2, 0) is 13.6 Å². The summed E-state index contributed by atoms with van der Waals surface area (Å²) in [5.41, 5.74) is 0.0831. The van der Waals surface area contributed by atoms with Crippen molar-refractivity contribution in [2.75, 3.05) is 0 Å². The molecule has 1 saturated heterocycles. The Kier molecular flexibility index (Phi) is 4.64. The minimum absolute atomic E-state index is 0.0846. The van der Waals surface area contributed by atoms with Crippen molar-refractivity contribution < 1.29 is 23.1 Å². The maximum atomic E-state index is 13.0. The topological polar surface area (TPSA) is 87.9 Å². The van der Waals surface area contributed by atoms with E-state index in [0.717, 1.165) is 5.56 Å². The monoisotopic (exact) mass is 363 g/mol. The third kappa shape index (κ3) is 4.25. The molecule has 1 fully saturated rings. The van der Waals surface area contributed by atoms with Gasteiger partial charge in [-0.1, -0.05) is 30.3 Å². The van der Waals surface area contributed by atoms with Crippen molar-refractivity contribution >= 4 is 13.5 Å². The maximum Gasteiger partial charge on any atom is 0.531 e. The zero-order valence-corrected chi connectivity index (χ0v) is 14.7. The van der Waals surface area contributed by atoms with Gasteiger partial charge in [0.05, 0.1) is 16.6 Å². The zero-order valence-electron chi connectivity index (χ0n) is 13.8. The third-order valence-electron chi connectivity index (χ3n) is 3.73. The minimum Gasteiger partial charge on any atom is -0.404 e. The number of benzene rings is 2. The van der Waals surface area contributed by atoms with Crippen LogP contribution in [0.5, 0.6) is 5.75 Å². The van der Waals surface area contributed by atoms with E-state index in [1.165, 1.54) is 24.3 Å². The van der Waals surface area contributed by atoms with Gasteiger partial charge >= 0.3 is 7.82 Å². The van der Waals surface area contributed by atoms with E-state index in [1.807, 2.05) is 44.2 Å². The maximum absolute atomic E-state index is 13.0. The van der Waals surface area contributed by atoms with Gasteiger partial charge in [-0.15, -0.1) is 0 Å².